The minimum atomic E-state index is -0.312. The van der Waals surface area contributed by atoms with Gasteiger partial charge in [0.05, 0.1) is 25.2 Å². The molecule has 3 heterocycles. The molecule has 1 N–H and O–H groups in total. The highest BCUT2D eigenvalue weighted by Gasteiger charge is 2.32. The van der Waals surface area contributed by atoms with E-state index in [1.54, 1.807) is 42.4 Å². The number of nitrogens with one attached hydrogen (secondary N) is 1. The first-order valence-electron chi connectivity index (χ1n) is 11.7. The molecule has 35 heavy (non-hydrogen) atoms. The van der Waals surface area contributed by atoms with E-state index in [0.29, 0.717) is 49.4 Å². The van der Waals surface area contributed by atoms with Crippen molar-refractivity contribution < 1.29 is 23.1 Å². The first-order chi connectivity index (χ1) is 16.9. The van der Waals surface area contributed by atoms with Crippen molar-refractivity contribution >= 4 is 17.5 Å². The molecule has 5 rings (SSSR count). The molecule has 0 aliphatic carbocycles. The van der Waals surface area contributed by atoms with E-state index in [1.807, 2.05) is 4.57 Å². The van der Waals surface area contributed by atoms with Gasteiger partial charge in [-0.25, -0.2) is 13.8 Å². The van der Waals surface area contributed by atoms with Crippen LogP contribution in [0.1, 0.15) is 46.3 Å². The first-order valence-corrected chi connectivity index (χ1v) is 11.7. The molecular weight excluding hydrogens is 454 g/mol. The SMILES string of the molecule is Cc1cc(NC(=O)C2CCN(C(=O)c3ncn4c3COC(c3ccc(F)cc3)C4)CC2)ccc1F. The Morgan fingerprint density at radius 2 is 1.83 bits per heavy atom. The van der Waals surface area contributed by atoms with Gasteiger partial charge in [0.2, 0.25) is 5.91 Å². The number of halogens is 2. The van der Waals surface area contributed by atoms with Crippen molar-refractivity contribution in [1.29, 1.82) is 0 Å². The summed E-state index contributed by atoms with van der Waals surface area (Å²) < 4.78 is 34.6. The van der Waals surface area contributed by atoms with E-state index in [1.165, 1.54) is 18.2 Å². The number of imidazole rings is 1. The maximum absolute atomic E-state index is 13.5. The van der Waals surface area contributed by atoms with Gasteiger partial charge < -0.3 is 19.5 Å². The van der Waals surface area contributed by atoms with Crippen molar-refractivity contribution in [2.75, 3.05) is 18.4 Å². The lowest BCUT2D eigenvalue weighted by molar-refractivity contribution is -0.121. The van der Waals surface area contributed by atoms with Gasteiger partial charge in [0.25, 0.3) is 5.91 Å². The largest absolute Gasteiger partial charge is 0.365 e. The van der Waals surface area contributed by atoms with Crippen LogP contribution in [0.25, 0.3) is 0 Å². The summed E-state index contributed by atoms with van der Waals surface area (Å²) in [5.74, 6) is -1.13. The molecule has 2 aromatic carbocycles. The molecule has 3 aromatic rings. The maximum atomic E-state index is 13.5. The molecule has 2 amide bonds. The van der Waals surface area contributed by atoms with Gasteiger partial charge in [0, 0.05) is 24.7 Å². The minimum Gasteiger partial charge on any atom is -0.365 e. The quantitative estimate of drug-likeness (QED) is 0.606. The van der Waals surface area contributed by atoms with Crippen LogP contribution < -0.4 is 5.32 Å². The molecule has 2 aliphatic rings. The maximum Gasteiger partial charge on any atom is 0.274 e. The number of carbonyl (C=O) groups excluding carboxylic acids is 2. The minimum absolute atomic E-state index is 0.122. The smallest absolute Gasteiger partial charge is 0.274 e. The first kappa shape index (κ1) is 23.2. The normalized spacial score (nSPS) is 18.3. The number of aryl methyl sites for hydroxylation is 1. The summed E-state index contributed by atoms with van der Waals surface area (Å²) in [7, 11) is 0. The fourth-order valence-electron chi connectivity index (χ4n) is 4.65. The van der Waals surface area contributed by atoms with Crippen molar-refractivity contribution in [2.45, 2.75) is 39.0 Å². The van der Waals surface area contributed by atoms with Crippen LogP contribution in [-0.2, 0) is 22.7 Å². The van der Waals surface area contributed by atoms with Crippen LogP contribution in [0, 0.1) is 24.5 Å². The highest BCUT2D eigenvalue weighted by atomic mass is 19.1. The Morgan fingerprint density at radius 3 is 2.54 bits per heavy atom. The lowest BCUT2D eigenvalue weighted by atomic mass is 9.95. The van der Waals surface area contributed by atoms with Gasteiger partial charge in [0.1, 0.15) is 17.7 Å². The third kappa shape index (κ3) is 4.81. The summed E-state index contributed by atoms with van der Waals surface area (Å²) in [5.41, 5.74) is 3.00. The zero-order valence-corrected chi connectivity index (χ0v) is 19.3. The number of fused-ring (bicyclic) bond motifs is 1. The van der Waals surface area contributed by atoms with Gasteiger partial charge in [-0.2, -0.15) is 0 Å². The number of carbonyl (C=O) groups is 2. The van der Waals surface area contributed by atoms with Crippen molar-refractivity contribution in [3.63, 3.8) is 0 Å². The van der Waals surface area contributed by atoms with Gasteiger partial charge in [0.15, 0.2) is 5.69 Å². The highest BCUT2D eigenvalue weighted by molar-refractivity contribution is 5.95. The van der Waals surface area contributed by atoms with Crippen molar-refractivity contribution in [3.05, 3.63) is 82.9 Å². The molecule has 0 bridgehead atoms. The number of amides is 2. The number of nitrogens with zero attached hydrogens (tertiary/aromatic N) is 3. The van der Waals surface area contributed by atoms with E-state index in [0.717, 1.165) is 11.3 Å². The molecule has 182 valence electrons. The second kappa shape index (κ2) is 9.58. The Kier molecular flexibility index (Phi) is 6.34. The number of rotatable bonds is 4. The number of likely N-dealkylation sites (tertiary alicyclic amines) is 1. The molecule has 9 heteroatoms. The third-order valence-electron chi connectivity index (χ3n) is 6.75. The Balaban J connectivity index is 1.18. The molecule has 1 atom stereocenters. The summed E-state index contributed by atoms with van der Waals surface area (Å²) >= 11 is 0. The Morgan fingerprint density at radius 1 is 1.09 bits per heavy atom. The molecule has 0 spiro atoms. The number of benzene rings is 2. The number of aromatic nitrogens is 2. The van der Waals surface area contributed by atoms with Gasteiger partial charge >= 0.3 is 0 Å². The molecule has 0 radical (unpaired) electrons. The number of hydrogen-bond acceptors (Lipinski definition) is 4. The van der Waals surface area contributed by atoms with Crippen LogP contribution in [0.4, 0.5) is 14.5 Å². The summed E-state index contributed by atoms with van der Waals surface area (Å²) in [6.45, 7) is 3.28. The summed E-state index contributed by atoms with van der Waals surface area (Å²) in [5, 5.41) is 2.85. The van der Waals surface area contributed by atoms with Crippen LogP contribution in [0.5, 0.6) is 0 Å². The van der Waals surface area contributed by atoms with Crippen LogP contribution in [-0.4, -0.2) is 39.4 Å². The predicted octanol–water partition coefficient (Wildman–Crippen LogP) is 4.23. The average Bonchev–Trinajstić information content (AvgIpc) is 3.29. The highest BCUT2D eigenvalue weighted by Crippen LogP contribution is 2.29. The molecule has 1 unspecified atom stereocenters. The fraction of sp³-hybridized carbons (Fsp3) is 0.346. The van der Waals surface area contributed by atoms with Crippen molar-refractivity contribution in [1.82, 2.24) is 14.5 Å². The number of ether oxygens (including phenoxy) is 1. The standard InChI is InChI=1S/C26H26F2N4O3/c1-16-12-20(6-7-21(16)28)30-25(33)18-8-10-31(11-9-18)26(34)24-22-14-35-23(13-32(22)15-29-24)17-2-4-19(27)5-3-17/h2-7,12,15,18,23H,8-11,13-14H2,1H3,(H,30,33). The van der Waals surface area contributed by atoms with Gasteiger partial charge in [-0.3, -0.25) is 9.59 Å². The lowest BCUT2D eigenvalue weighted by Gasteiger charge is -2.31. The van der Waals surface area contributed by atoms with Gasteiger partial charge in [-0.15, -0.1) is 0 Å². The van der Waals surface area contributed by atoms with E-state index in [-0.39, 0.29) is 42.1 Å². The van der Waals surface area contributed by atoms with Crippen molar-refractivity contribution in [2.24, 2.45) is 5.92 Å². The van der Waals surface area contributed by atoms with Crippen LogP contribution in [0.3, 0.4) is 0 Å². The second-order valence-corrected chi connectivity index (χ2v) is 9.06. The summed E-state index contributed by atoms with van der Waals surface area (Å²) in [6, 6.07) is 10.7. The fourth-order valence-corrected chi connectivity index (χ4v) is 4.65. The van der Waals surface area contributed by atoms with E-state index < -0.39 is 0 Å². The third-order valence-corrected chi connectivity index (χ3v) is 6.75. The van der Waals surface area contributed by atoms with Crippen LogP contribution in [0.2, 0.25) is 0 Å². The Bertz CT molecular complexity index is 1250. The Hall–Kier alpha value is -3.59. The zero-order chi connectivity index (χ0) is 24.5. The molecule has 2 aliphatic heterocycles. The summed E-state index contributed by atoms with van der Waals surface area (Å²) in [4.78, 5) is 31.9. The van der Waals surface area contributed by atoms with E-state index in [4.69, 9.17) is 4.74 Å². The lowest BCUT2D eigenvalue weighted by Crippen LogP contribution is -2.42. The monoisotopic (exact) mass is 480 g/mol. The van der Waals surface area contributed by atoms with E-state index >= 15 is 0 Å². The van der Waals surface area contributed by atoms with Crippen molar-refractivity contribution in [3.8, 4) is 0 Å². The molecule has 1 saturated heterocycles. The molecule has 1 aromatic heterocycles. The van der Waals surface area contributed by atoms with E-state index in [9.17, 15) is 18.4 Å². The Labute approximate surface area is 201 Å². The zero-order valence-electron chi connectivity index (χ0n) is 19.3. The van der Waals surface area contributed by atoms with Crippen LogP contribution in [0.15, 0.2) is 48.8 Å². The molecular formula is C26H26F2N4O3. The van der Waals surface area contributed by atoms with Gasteiger partial charge in [-0.1, -0.05) is 12.1 Å². The van der Waals surface area contributed by atoms with Gasteiger partial charge in [-0.05, 0) is 61.2 Å². The van der Waals surface area contributed by atoms with Crippen LogP contribution >= 0.6 is 0 Å². The average molecular weight is 481 g/mol. The number of hydrogen-bond donors (Lipinski definition) is 1. The van der Waals surface area contributed by atoms with E-state index in [2.05, 4.69) is 10.3 Å². The predicted molar refractivity (Wildman–Crippen MR) is 125 cm³/mol. The summed E-state index contributed by atoms with van der Waals surface area (Å²) in [6.07, 6.45) is 2.49. The molecule has 1 fully saturated rings. The second-order valence-electron chi connectivity index (χ2n) is 9.06. The molecule has 7 nitrogen and oxygen atoms in total. The number of piperidine rings is 1. The topological polar surface area (TPSA) is 76.5 Å². The molecule has 0 saturated carbocycles. The number of anilines is 1.